The van der Waals surface area contributed by atoms with Gasteiger partial charge in [0.05, 0.1) is 17.0 Å². The zero-order valence-corrected chi connectivity index (χ0v) is 16.9. The summed E-state index contributed by atoms with van der Waals surface area (Å²) in [6, 6.07) is 14.3. The first-order valence-electron chi connectivity index (χ1n) is 12.3. The molecule has 0 unspecified atom stereocenters. The number of ether oxygens (including phenoxy) is 2. The molecule has 148 valence electrons. The second-order valence-corrected chi connectivity index (χ2v) is 7.50. The van der Waals surface area contributed by atoms with Crippen molar-refractivity contribution in [2.75, 3.05) is 14.2 Å². The Kier molecular flexibility index (Phi) is 4.74. The van der Waals surface area contributed by atoms with E-state index in [1.807, 2.05) is 43.3 Å². The maximum atomic E-state index is 7.98. The molecule has 2 atom stereocenters. The van der Waals surface area contributed by atoms with Gasteiger partial charge in [-0.3, -0.25) is 0 Å². The molecule has 28 heavy (non-hydrogen) atoms. The van der Waals surface area contributed by atoms with Gasteiger partial charge < -0.3 is 9.47 Å². The number of hydrogen-bond acceptors (Lipinski definition) is 2. The average Bonchev–Trinajstić information content (AvgIpc) is 2.77. The molecule has 1 aliphatic rings. The molecule has 2 aromatic rings. The second kappa shape index (κ2) is 9.14. The Morgan fingerprint density at radius 1 is 1.11 bits per heavy atom. The maximum Gasteiger partial charge on any atom is 0.126 e. The van der Waals surface area contributed by atoms with Gasteiger partial charge in [0.1, 0.15) is 11.5 Å². The second-order valence-electron chi connectivity index (χ2n) is 7.50. The van der Waals surface area contributed by atoms with Crippen LogP contribution in [0, 0.1) is 5.92 Å². The summed E-state index contributed by atoms with van der Waals surface area (Å²) >= 11 is 0. The van der Waals surface area contributed by atoms with E-state index in [1.165, 1.54) is 5.56 Å². The molecule has 0 heterocycles. The lowest BCUT2D eigenvalue weighted by molar-refractivity contribution is 0.368. The standard InChI is InChI=1S/C26H32O2/c1-18(2)22-14-11-19(3)15-23(22)26-24(27-4)16-21(17-25(26)28-5)13-12-20-9-7-6-8-10-20/h6-10,15-17,22-23H,1,11-14H2,2-5H3/t22-,23+/m0/s1/i1D2,2D3. The lowest BCUT2D eigenvalue weighted by Gasteiger charge is -2.32. The number of allylic oxidation sites excluding steroid dienone is 3. The molecule has 0 saturated carbocycles. The molecule has 0 bridgehead atoms. The van der Waals surface area contributed by atoms with Gasteiger partial charge in [-0.25, -0.2) is 0 Å². The molecular weight excluding hydrogens is 344 g/mol. The molecule has 3 rings (SSSR count). The van der Waals surface area contributed by atoms with Crippen LogP contribution in [-0.2, 0) is 12.8 Å². The van der Waals surface area contributed by atoms with E-state index in [0.29, 0.717) is 17.9 Å². The van der Waals surface area contributed by atoms with Crippen molar-refractivity contribution in [3.05, 3.63) is 82.9 Å². The monoisotopic (exact) mass is 381 g/mol. The number of rotatable bonds is 7. The smallest absolute Gasteiger partial charge is 0.126 e. The molecule has 0 N–H and O–H groups in total. The van der Waals surface area contributed by atoms with Gasteiger partial charge in [-0.15, -0.1) is 0 Å². The van der Waals surface area contributed by atoms with Crippen molar-refractivity contribution in [3.8, 4) is 11.5 Å². The first-order chi connectivity index (χ1) is 15.7. The van der Waals surface area contributed by atoms with Crippen LogP contribution in [-0.4, -0.2) is 14.2 Å². The summed E-state index contributed by atoms with van der Waals surface area (Å²) in [7, 11) is 3.21. The summed E-state index contributed by atoms with van der Waals surface area (Å²) in [4.78, 5) is 0. The first kappa shape index (κ1) is 14.5. The zero-order chi connectivity index (χ0) is 24.2. The van der Waals surface area contributed by atoms with Crippen LogP contribution in [0.1, 0.15) is 56.1 Å². The van der Waals surface area contributed by atoms with Crippen LogP contribution in [0.5, 0.6) is 11.5 Å². The Morgan fingerprint density at radius 3 is 2.39 bits per heavy atom. The summed E-state index contributed by atoms with van der Waals surface area (Å²) in [6.07, 6.45) is 5.03. The van der Waals surface area contributed by atoms with Crippen LogP contribution in [0.25, 0.3) is 0 Å². The quantitative estimate of drug-likeness (QED) is 0.509. The van der Waals surface area contributed by atoms with E-state index < -0.39 is 19.3 Å². The topological polar surface area (TPSA) is 18.5 Å². The lowest BCUT2D eigenvalue weighted by Crippen LogP contribution is -2.18. The van der Waals surface area contributed by atoms with Crippen molar-refractivity contribution in [1.29, 1.82) is 0 Å². The summed E-state index contributed by atoms with van der Waals surface area (Å²) < 4.78 is 51.3. The third-order valence-electron chi connectivity index (χ3n) is 5.60. The van der Waals surface area contributed by atoms with Gasteiger partial charge >= 0.3 is 0 Å². The molecule has 0 amide bonds. The van der Waals surface area contributed by atoms with Crippen molar-refractivity contribution in [2.45, 2.75) is 45.4 Å². The van der Waals surface area contributed by atoms with Crippen molar-refractivity contribution >= 4 is 0 Å². The minimum Gasteiger partial charge on any atom is -0.496 e. The number of hydrogen-bond donors (Lipinski definition) is 0. The normalized spacial score (nSPS) is 22.0. The molecule has 2 heteroatoms. The predicted molar refractivity (Wildman–Crippen MR) is 117 cm³/mol. The third-order valence-corrected chi connectivity index (χ3v) is 5.60. The highest BCUT2D eigenvalue weighted by molar-refractivity contribution is 5.53. The van der Waals surface area contributed by atoms with Crippen LogP contribution in [0.2, 0.25) is 0 Å². The molecule has 0 fully saturated rings. The fourth-order valence-corrected chi connectivity index (χ4v) is 4.08. The van der Waals surface area contributed by atoms with Gasteiger partial charge in [-0.2, -0.15) is 0 Å². The van der Waals surface area contributed by atoms with E-state index in [1.54, 1.807) is 14.2 Å². The van der Waals surface area contributed by atoms with Gasteiger partial charge in [0.2, 0.25) is 0 Å². The van der Waals surface area contributed by atoms with Gasteiger partial charge in [0, 0.05) is 15.6 Å². The minimum atomic E-state index is -2.50. The SMILES string of the molecule is [2H]C([2H])=C([C@@H]1CCC(C)=C[C@H]1c1c(OC)cc(CCc2ccccc2)cc1OC)C([2H])([2H])[2H]. The fourth-order valence-electron chi connectivity index (χ4n) is 4.08. The zero-order valence-electron chi connectivity index (χ0n) is 21.9. The van der Waals surface area contributed by atoms with Gasteiger partial charge in [-0.05, 0) is 68.6 Å². The van der Waals surface area contributed by atoms with Crippen molar-refractivity contribution in [2.24, 2.45) is 5.92 Å². The highest BCUT2D eigenvalue weighted by Gasteiger charge is 2.30. The largest absolute Gasteiger partial charge is 0.496 e. The van der Waals surface area contributed by atoms with Gasteiger partial charge in [0.15, 0.2) is 0 Å². The molecule has 2 nitrogen and oxygen atoms in total. The van der Waals surface area contributed by atoms with Gasteiger partial charge in [0.25, 0.3) is 0 Å². The van der Waals surface area contributed by atoms with Crippen molar-refractivity contribution in [3.63, 3.8) is 0 Å². The first-order valence-corrected chi connectivity index (χ1v) is 9.79. The molecule has 0 spiro atoms. The maximum absolute atomic E-state index is 7.98. The van der Waals surface area contributed by atoms with E-state index in [9.17, 15) is 0 Å². The molecule has 0 saturated heterocycles. The average molecular weight is 382 g/mol. The predicted octanol–water partition coefficient (Wildman–Crippen LogP) is 6.51. The van der Waals surface area contributed by atoms with E-state index in [2.05, 4.69) is 12.1 Å². The summed E-state index contributed by atoms with van der Waals surface area (Å²) in [5.41, 5.74) is 4.13. The highest BCUT2D eigenvalue weighted by atomic mass is 16.5. The van der Waals surface area contributed by atoms with Crippen molar-refractivity contribution in [1.82, 2.24) is 0 Å². The Labute approximate surface area is 176 Å². The molecule has 1 aliphatic carbocycles. The molecule has 0 aromatic heterocycles. The van der Waals surface area contributed by atoms with Crippen LogP contribution >= 0.6 is 0 Å². The molecule has 0 aliphatic heterocycles. The van der Waals surface area contributed by atoms with Gasteiger partial charge in [-0.1, -0.05) is 54.1 Å². The van der Waals surface area contributed by atoms with Crippen LogP contribution in [0.4, 0.5) is 0 Å². The number of benzene rings is 2. The van der Waals surface area contributed by atoms with E-state index >= 15 is 0 Å². The number of aryl methyl sites for hydroxylation is 2. The third kappa shape index (κ3) is 4.49. The lowest BCUT2D eigenvalue weighted by atomic mass is 9.73. The summed E-state index contributed by atoms with van der Waals surface area (Å²) in [5.74, 6) is 0.427. The Morgan fingerprint density at radius 2 is 1.79 bits per heavy atom. The molecule has 0 radical (unpaired) electrons. The minimum absolute atomic E-state index is 0.103. The van der Waals surface area contributed by atoms with Crippen LogP contribution in [0.3, 0.4) is 0 Å². The van der Waals surface area contributed by atoms with Crippen LogP contribution < -0.4 is 9.47 Å². The van der Waals surface area contributed by atoms with Crippen molar-refractivity contribution < 1.29 is 16.3 Å². The molecule has 2 aromatic carbocycles. The Balaban J connectivity index is 2.06. The summed E-state index contributed by atoms with van der Waals surface area (Å²) in [6.45, 7) is -1.11. The highest BCUT2D eigenvalue weighted by Crippen LogP contribution is 2.47. The van der Waals surface area contributed by atoms with E-state index in [4.69, 9.17) is 16.3 Å². The number of methoxy groups -OCH3 is 2. The van der Waals surface area contributed by atoms with Crippen LogP contribution in [0.15, 0.2) is 66.2 Å². The van der Waals surface area contributed by atoms with E-state index in [-0.39, 0.29) is 11.5 Å². The Bertz CT molecular complexity index is 996. The summed E-state index contributed by atoms with van der Waals surface area (Å²) in [5, 5.41) is 0. The van der Waals surface area contributed by atoms with E-state index in [0.717, 1.165) is 36.0 Å². The Hall–Kier alpha value is -2.48. The fraction of sp³-hybridized carbons (Fsp3) is 0.385. The molecular formula is C26H32O2.